The van der Waals surface area contributed by atoms with Crippen molar-refractivity contribution in [2.45, 2.75) is 181 Å². The molecule has 11 aromatic carbocycles. The molecular formula is C99H100BN3. The third-order valence-corrected chi connectivity index (χ3v) is 23.1. The molecule has 12 aromatic rings. The molecule has 2 fully saturated rings. The largest absolute Gasteiger partial charge is 0.311 e. The minimum atomic E-state index is -0.131. The van der Waals surface area contributed by atoms with Crippen molar-refractivity contribution in [2.75, 3.05) is 9.80 Å². The van der Waals surface area contributed by atoms with Crippen LogP contribution in [0.5, 0.6) is 0 Å². The molecule has 4 aliphatic rings. The molecular weight excluding hydrogens is 1240 g/mol. The van der Waals surface area contributed by atoms with Crippen molar-refractivity contribution in [3.63, 3.8) is 0 Å². The van der Waals surface area contributed by atoms with Crippen LogP contribution in [0.25, 0.3) is 78.1 Å². The van der Waals surface area contributed by atoms with Gasteiger partial charge in [0.15, 0.2) is 0 Å². The van der Waals surface area contributed by atoms with Gasteiger partial charge in [-0.15, -0.1) is 0 Å². The number of nitrogens with zero attached hydrogens (tertiary/aromatic N) is 3. The predicted molar refractivity (Wildman–Crippen MR) is 443 cm³/mol. The number of hydrogen-bond acceptors (Lipinski definition) is 3. The Labute approximate surface area is 615 Å². The Bertz CT molecular complexity index is 4650. The van der Waals surface area contributed by atoms with E-state index in [0.717, 1.165) is 44.8 Å². The Morgan fingerprint density at radius 3 is 0.883 bits per heavy atom. The first-order valence-corrected chi connectivity index (χ1v) is 38.5. The van der Waals surface area contributed by atoms with E-state index in [4.69, 9.17) is 4.98 Å². The minimum Gasteiger partial charge on any atom is -0.311 e. The summed E-state index contributed by atoms with van der Waals surface area (Å²) in [6.07, 6.45) is 12.6. The van der Waals surface area contributed by atoms with Gasteiger partial charge in [-0.05, 0) is 262 Å². The van der Waals surface area contributed by atoms with E-state index in [0.29, 0.717) is 11.8 Å². The lowest BCUT2D eigenvalue weighted by molar-refractivity contribution is 0.444. The number of pyridine rings is 1. The van der Waals surface area contributed by atoms with Crippen molar-refractivity contribution in [1.82, 2.24) is 4.98 Å². The molecule has 16 rings (SSSR count). The first kappa shape index (κ1) is 67.7. The number of rotatable bonds is 11. The third kappa shape index (κ3) is 13.5. The first-order valence-electron chi connectivity index (χ1n) is 38.5. The first-order chi connectivity index (χ1) is 49.5. The van der Waals surface area contributed by atoms with E-state index in [1.54, 1.807) is 0 Å². The van der Waals surface area contributed by atoms with E-state index in [1.807, 2.05) is 0 Å². The van der Waals surface area contributed by atoms with Gasteiger partial charge in [0.1, 0.15) is 0 Å². The quantitative estimate of drug-likeness (QED) is 0.120. The van der Waals surface area contributed by atoms with E-state index in [9.17, 15) is 0 Å². The summed E-state index contributed by atoms with van der Waals surface area (Å²) in [5.41, 5.74) is 34.7. The zero-order valence-electron chi connectivity index (χ0n) is 62.9. The van der Waals surface area contributed by atoms with Crippen LogP contribution in [-0.4, -0.2) is 11.7 Å². The summed E-state index contributed by atoms with van der Waals surface area (Å²) in [6.45, 7) is 28.6. The molecule has 0 bridgehead atoms. The van der Waals surface area contributed by atoms with Crippen LogP contribution in [0, 0.1) is 0 Å². The standard InChI is InChI=1S/C99H100BN3/c1-96(2,3)81-59-82(97(4,5)6)62-85(61-81)102-91-55-71(65-31-19-13-20-32-65)43-45-87(91)100-88-46-44-72(66-33-21-14-22-34-66)56-92(88)103(86-63-83(98(7,8)9)60-84(64-86)99(10,11)12)94-58-80(57-93(102)95(94)100)90-54-78(77-49-73(67-35-23-15-24-36-67)47-74(50-77)68-37-25-16-26-38-68)53-89(101-90)79-51-75(69-39-27-17-28-40-69)48-76(52-79)70-41-29-18-30-42-70/h15-18,23-30,35-66H,13-14,19-22,31-34H2,1-12H3. The van der Waals surface area contributed by atoms with Gasteiger partial charge in [-0.25, -0.2) is 4.98 Å². The van der Waals surface area contributed by atoms with Gasteiger partial charge < -0.3 is 9.80 Å². The maximum Gasteiger partial charge on any atom is 0.252 e. The molecule has 1 aromatic heterocycles. The number of benzene rings is 11. The molecule has 103 heavy (non-hydrogen) atoms. The molecule has 0 amide bonds. The lowest BCUT2D eigenvalue weighted by Crippen LogP contribution is -2.61. The van der Waals surface area contributed by atoms with Crippen molar-refractivity contribution in [3.05, 3.63) is 288 Å². The van der Waals surface area contributed by atoms with Crippen LogP contribution < -0.4 is 26.2 Å². The second-order valence-corrected chi connectivity index (χ2v) is 34.6. The highest BCUT2D eigenvalue weighted by Gasteiger charge is 2.45. The second kappa shape index (κ2) is 26.8. The summed E-state index contributed by atoms with van der Waals surface area (Å²) >= 11 is 0. The zero-order chi connectivity index (χ0) is 71.1. The van der Waals surface area contributed by atoms with Gasteiger partial charge in [0, 0.05) is 45.3 Å². The Hall–Kier alpha value is -9.77. The topological polar surface area (TPSA) is 19.4 Å². The van der Waals surface area contributed by atoms with Crippen molar-refractivity contribution in [3.8, 4) is 78.1 Å². The highest BCUT2D eigenvalue weighted by Crippen LogP contribution is 2.51. The monoisotopic (exact) mass is 1340 g/mol. The highest BCUT2D eigenvalue weighted by atomic mass is 15.2. The third-order valence-electron chi connectivity index (χ3n) is 23.1. The summed E-state index contributed by atoms with van der Waals surface area (Å²) in [4.78, 5) is 11.7. The fourth-order valence-electron chi connectivity index (χ4n) is 17.1. The van der Waals surface area contributed by atoms with E-state index in [1.165, 1.54) is 181 Å². The van der Waals surface area contributed by atoms with Crippen molar-refractivity contribution in [2.24, 2.45) is 0 Å². The summed E-state index contributed by atoms with van der Waals surface area (Å²) in [7, 11) is 0. The summed E-state index contributed by atoms with van der Waals surface area (Å²) < 4.78 is 0. The normalized spacial score (nSPS) is 15.0. The van der Waals surface area contributed by atoms with Gasteiger partial charge in [0.05, 0.1) is 11.4 Å². The van der Waals surface area contributed by atoms with Gasteiger partial charge in [-0.2, -0.15) is 0 Å². The predicted octanol–water partition coefficient (Wildman–Crippen LogP) is 26.1. The molecule has 2 aliphatic heterocycles. The molecule has 0 unspecified atom stereocenters. The smallest absolute Gasteiger partial charge is 0.252 e. The maximum absolute atomic E-state index is 6.17. The molecule has 4 heteroatoms. The van der Waals surface area contributed by atoms with Gasteiger partial charge in [0.25, 0.3) is 6.71 Å². The van der Waals surface area contributed by atoms with Crippen molar-refractivity contribution < 1.29 is 0 Å². The summed E-state index contributed by atoms with van der Waals surface area (Å²) in [5.74, 6) is 1.01. The molecule has 0 spiro atoms. The SMILES string of the molecule is CC(C)(C)c1cc(N2c3cc(C4CCCCC4)ccc3B3c4ccc(C5CCCCC5)cc4N(c4cc(C(C)(C)C)cc(C(C)(C)C)c4)c4cc(-c5cc(-c6cc(-c7ccccc7)cc(-c7ccccc7)c6)cc(-c6cc(-c7ccccc7)cc(-c7ccccc7)c6)n5)cc2c43)cc(C(C)(C)C)c1. The number of fused-ring (bicyclic) bond motifs is 4. The lowest BCUT2D eigenvalue weighted by Gasteiger charge is -2.45. The Morgan fingerprint density at radius 2 is 0.563 bits per heavy atom. The number of anilines is 6. The molecule has 0 saturated heterocycles. The highest BCUT2D eigenvalue weighted by molar-refractivity contribution is 7.00. The van der Waals surface area contributed by atoms with Crippen LogP contribution in [0.15, 0.2) is 255 Å². The van der Waals surface area contributed by atoms with Gasteiger partial charge in [-0.1, -0.05) is 279 Å². The van der Waals surface area contributed by atoms with Gasteiger partial charge in [0.2, 0.25) is 0 Å². The molecule has 0 radical (unpaired) electrons. The van der Waals surface area contributed by atoms with Crippen molar-refractivity contribution >= 4 is 57.2 Å². The van der Waals surface area contributed by atoms with Crippen LogP contribution in [0.1, 0.15) is 193 Å². The van der Waals surface area contributed by atoms with E-state index >= 15 is 0 Å². The van der Waals surface area contributed by atoms with Crippen molar-refractivity contribution in [1.29, 1.82) is 0 Å². The van der Waals surface area contributed by atoms with Crippen LogP contribution in [0.2, 0.25) is 0 Å². The van der Waals surface area contributed by atoms with Gasteiger partial charge in [-0.3, -0.25) is 0 Å². The number of hydrogen-bond donors (Lipinski definition) is 0. The minimum absolute atomic E-state index is 0.0674. The Balaban J connectivity index is 1.05. The molecule has 2 saturated carbocycles. The summed E-state index contributed by atoms with van der Waals surface area (Å²) in [6, 6.07) is 98.7. The zero-order valence-corrected chi connectivity index (χ0v) is 62.9. The molecule has 0 N–H and O–H groups in total. The Morgan fingerprint density at radius 1 is 0.272 bits per heavy atom. The van der Waals surface area contributed by atoms with E-state index < -0.39 is 0 Å². The summed E-state index contributed by atoms with van der Waals surface area (Å²) in [5, 5.41) is 0. The van der Waals surface area contributed by atoms with E-state index in [-0.39, 0.29) is 28.4 Å². The maximum atomic E-state index is 6.17. The molecule has 2 aliphatic carbocycles. The average molecular weight is 1340 g/mol. The second-order valence-electron chi connectivity index (χ2n) is 34.6. The average Bonchev–Trinajstić information content (AvgIpc) is 0.692. The van der Waals surface area contributed by atoms with Crippen LogP contribution >= 0.6 is 0 Å². The van der Waals surface area contributed by atoms with Crippen LogP contribution in [0.4, 0.5) is 34.1 Å². The number of aromatic nitrogens is 1. The molecule has 3 heterocycles. The fourth-order valence-corrected chi connectivity index (χ4v) is 17.1. The molecule has 3 nitrogen and oxygen atoms in total. The van der Waals surface area contributed by atoms with Crippen LogP contribution in [0.3, 0.4) is 0 Å². The molecule has 514 valence electrons. The molecule has 0 atom stereocenters. The fraction of sp³-hybridized carbons (Fsp3) is 0.283. The van der Waals surface area contributed by atoms with Crippen LogP contribution in [-0.2, 0) is 21.7 Å². The lowest BCUT2D eigenvalue weighted by atomic mass is 9.33. The van der Waals surface area contributed by atoms with Gasteiger partial charge >= 0.3 is 0 Å². The Kier molecular flexibility index (Phi) is 17.6. The van der Waals surface area contributed by atoms with E-state index in [2.05, 4.69) is 348 Å².